The SMILES string of the molecule is CC1CC(C#N)=CC=C1CN1CCN(c2ccc(Cl)cc2)C(c2ccc(Cl)cc2)C1. The highest BCUT2D eigenvalue weighted by Crippen LogP contribution is 2.33. The van der Waals surface area contributed by atoms with E-state index in [1.807, 2.05) is 30.3 Å². The second-order valence-corrected chi connectivity index (χ2v) is 9.00. The summed E-state index contributed by atoms with van der Waals surface area (Å²) in [6, 6.07) is 18.8. The predicted molar refractivity (Wildman–Crippen MR) is 125 cm³/mol. The number of piperazine rings is 1. The molecule has 30 heavy (non-hydrogen) atoms. The number of anilines is 1. The zero-order valence-electron chi connectivity index (χ0n) is 17.1. The second-order valence-electron chi connectivity index (χ2n) is 8.12. The van der Waals surface area contributed by atoms with Gasteiger partial charge >= 0.3 is 0 Å². The summed E-state index contributed by atoms with van der Waals surface area (Å²) in [5.41, 5.74) is 4.73. The molecule has 3 nitrogen and oxygen atoms in total. The molecule has 2 aromatic carbocycles. The summed E-state index contributed by atoms with van der Waals surface area (Å²) in [7, 11) is 0. The van der Waals surface area contributed by atoms with Crippen molar-refractivity contribution in [2.24, 2.45) is 5.92 Å². The summed E-state index contributed by atoms with van der Waals surface area (Å²) in [6.45, 7) is 6.02. The third-order valence-electron chi connectivity index (χ3n) is 6.09. The molecule has 0 N–H and O–H groups in total. The van der Waals surface area contributed by atoms with Crippen LogP contribution in [0.15, 0.2) is 71.8 Å². The third-order valence-corrected chi connectivity index (χ3v) is 6.59. The summed E-state index contributed by atoms with van der Waals surface area (Å²) in [6.07, 6.45) is 4.97. The number of allylic oxidation sites excluding steroid dienone is 3. The Labute approximate surface area is 188 Å². The summed E-state index contributed by atoms with van der Waals surface area (Å²) < 4.78 is 0. The molecule has 1 aliphatic carbocycles. The number of halogens is 2. The molecule has 0 aromatic heterocycles. The molecule has 1 saturated heterocycles. The van der Waals surface area contributed by atoms with Gasteiger partial charge in [-0.25, -0.2) is 0 Å². The molecular weight excluding hydrogens is 413 g/mol. The average Bonchev–Trinajstić information content (AvgIpc) is 2.76. The first-order valence-corrected chi connectivity index (χ1v) is 11.1. The van der Waals surface area contributed by atoms with E-state index < -0.39 is 0 Å². The Kier molecular flexibility index (Phi) is 6.49. The maximum atomic E-state index is 9.17. The van der Waals surface area contributed by atoms with Gasteiger partial charge in [-0.3, -0.25) is 4.90 Å². The fraction of sp³-hybridized carbons (Fsp3) is 0.320. The molecule has 4 rings (SSSR count). The van der Waals surface area contributed by atoms with Crippen molar-refractivity contribution < 1.29 is 0 Å². The molecular formula is C25H25Cl2N3. The van der Waals surface area contributed by atoms with Crippen LogP contribution < -0.4 is 4.90 Å². The van der Waals surface area contributed by atoms with Crippen molar-refractivity contribution >= 4 is 28.9 Å². The van der Waals surface area contributed by atoms with Crippen molar-refractivity contribution in [2.75, 3.05) is 31.1 Å². The van der Waals surface area contributed by atoms with Gasteiger partial charge in [0.1, 0.15) is 0 Å². The van der Waals surface area contributed by atoms with E-state index in [0.29, 0.717) is 5.92 Å². The summed E-state index contributed by atoms with van der Waals surface area (Å²) >= 11 is 12.3. The Hall–Kier alpha value is -2.25. The van der Waals surface area contributed by atoms with Crippen molar-refractivity contribution in [3.05, 3.63) is 87.4 Å². The van der Waals surface area contributed by atoms with E-state index in [1.165, 1.54) is 16.8 Å². The highest BCUT2D eigenvalue weighted by Gasteiger charge is 2.29. The van der Waals surface area contributed by atoms with Gasteiger partial charge in [0.15, 0.2) is 0 Å². The number of benzene rings is 2. The van der Waals surface area contributed by atoms with Gasteiger partial charge in [0.25, 0.3) is 0 Å². The monoisotopic (exact) mass is 437 g/mol. The van der Waals surface area contributed by atoms with Crippen LogP contribution in [0.3, 0.4) is 0 Å². The lowest BCUT2D eigenvalue weighted by molar-refractivity contribution is 0.234. The topological polar surface area (TPSA) is 30.3 Å². The minimum absolute atomic E-state index is 0.238. The minimum atomic E-state index is 0.238. The van der Waals surface area contributed by atoms with Crippen LogP contribution in [0.2, 0.25) is 10.0 Å². The molecule has 154 valence electrons. The lowest BCUT2D eigenvalue weighted by atomic mass is 9.88. The molecule has 5 heteroatoms. The van der Waals surface area contributed by atoms with E-state index in [0.717, 1.165) is 48.2 Å². The van der Waals surface area contributed by atoms with E-state index in [-0.39, 0.29) is 6.04 Å². The standard InChI is InChI=1S/C25H25Cl2N3/c1-18-14-19(15-28)2-3-21(18)16-29-12-13-30(24-10-8-23(27)9-11-24)25(17-29)20-4-6-22(26)7-5-20/h2-11,18,25H,12-14,16-17H2,1H3. The normalized spacial score (nSPS) is 22.3. The number of nitriles is 1. The molecule has 1 heterocycles. The molecule has 0 spiro atoms. The predicted octanol–water partition coefficient (Wildman–Crippen LogP) is 6.27. The van der Waals surface area contributed by atoms with Gasteiger partial charge in [-0.1, -0.05) is 53.9 Å². The molecule has 0 saturated carbocycles. The van der Waals surface area contributed by atoms with Crippen LogP contribution in [0.4, 0.5) is 5.69 Å². The Morgan fingerprint density at radius 2 is 1.63 bits per heavy atom. The second kappa shape index (κ2) is 9.27. The van der Waals surface area contributed by atoms with Crippen LogP contribution >= 0.6 is 23.2 Å². The molecule has 2 atom stereocenters. The van der Waals surface area contributed by atoms with Gasteiger partial charge in [-0.2, -0.15) is 5.26 Å². The van der Waals surface area contributed by atoms with Crippen molar-refractivity contribution in [1.82, 2.24) is 4.90 Å². The van der Waals surface area contributed by atoms with Gasteiger partial charge < -0.3 is 4.90 Å². The smallest absolute Gasteiger partial charge is 0.0947 e. The molecule has 2 aliphatic rings. The Bertz CT molecular complexity index is 987. The lowest BCUT2D eigenvalue weighted by Crippen LogP contribution is -2.49. The van der Waals surface area contributed by atoms with Crippen LogP contribution in [-0.2, 0) is 0 Å². The Balaban J connectivity index is 1.57. The van der Waals surface area contributed by atoms with Crippen LogP contribution in [0.5, 0.6) is 0 Å². The molecule has 2 aromatic rings. The van der Waals surface area contributed by atoms with Crippen molar-refractivity contribution in [1.29, 1.82) is 5.26 Å². The van der Waals surface area contributed by atoms with Gasteiger partial charge in [-0.15, -0.1) is 0 Å². The zero-order valence-corrected chi connectivity index (χ0v) is 18.6. The highest BCUT2D eigenvalue weighted by molar-refractivity contribution is 6.30. The van der Waals surface area contributed by atoms with E-state index in [1.54, 1.807) is 0 Å². The molecule has 0 amide bonds. The number of nitrogens with zero attached hydrogens (tertiary/aromatic N) is 3. The quantitative estimate of drug-likeness (QED) is 0.564. The van der Waals surface area contributed by atoms with Crippen LogP contribution in [0, 0.1) is 17.2 Å². The van der Waals surface area contributed by atoms with E-state index >= 15 is 0 Å². The molecule has 2 unspecified atom stereocenters. The third kappa shape index (κ3) is 4.73. The maximum Gasteiger partial charge on any atom is 0.0947 e. The zero-order chi connectivity index (χ0) is 21.1. The first kappa shape index (κ1) is 21.0. The van der Waals surface area contributed by atoms with Gasteiger partial charge in [0.2, 0.25) is 0 Å². The summed E-state index contributed by atoms with van der Waals surface area (Å²) in [5, 5.41) is 10.7. The van der Waals surface area contributed by atoms with Crippen molar-refractivity contribution in [2.45, 2.75) is 19.4 Å². The molecule has 0 radical (unpaired) electrons. The number of hydrogen-bond acceptors (Lipinski definition) is 3. The first-order valence-electron chi connectivity index (χ1n) is 10.3. The van der Waals surface area contributed by atoms with Gasteiger partial charge in [0.05, 0.1) is 12.1 Å². The fourth-order valence-corrected chi connectivity index (χ4v) is 4.60. The first-order chi connectivity index (χ1) is 14.5. The van der Waals surface area contributed by atoms with Crippen LogP contribution in [-0.4, -0.2) is 31.1 Å². The fourth-order valence-electron chi connectivity index (χ4n) is 4.35. The highest BCUT2D eigenvalue weighted by atomic mass is 35.5. The van der Waals surface area contributed by atoms with E-state index in [9.17, 15) is 5.26 Å². The van der Waals surface area contributed by atoms with Crippen LogP contribution in [0.25, 0.3) is 0 Å². The van der Waals surface area contributed by atoms with Crippen molar-refractivity contribution in [3.63, 3.8) is 0 Å². The maximum absolute atomic E-state index is 9.17. The molecule has 1 fully saturated rings. The van der Waals surface area contributed by atoms with E-state index in [4.69, 9.17) is 23.2 Å². The van der Waals surface area contributed by atoms with Crippen LogP contribution in [0.1, 0.15) is 24.9 Å². The Morgan fingerprint density at radius 3 is 2.27 bits per heavy atom. The number of rotatable bonds is 4. The van der Waals surface area contributed by atoms with Gasteiger partial charge in [0, 0.05) is 47.5 Å². The largest absolute Gasteiger partial charge is 0.362 e. The Morgan fingerprint density at radius 1 is 0.967 bits per heavy atom. The van der Waals surface area contributed by atoms with Crippen molar-refractivity contribution in [3.8, 4) is 6.07 Å². The van der Waals surface area contributed by atoms with E-state index in [2.05, 4.69) is 53.1 Å². The summed E-state index contributed by atoms with van der Waals surface area (Å²) in [5.74, 6) is 0.410. The average molecular weight is 438 g/mol. The minimum Gasteiger partial charge on any atom is -0.362 e. The van der Waals surface area contributed by atoms with Gasteiger partial charge in [-0.05, 0) is 60.4 Å². The molecule has 1 aliphatic heterocycles. The summed E-state index contributed by atoms with van der Waals surface area (Å²) in [4.78, 5) is 4.99. The lowest BCUT2D eigenvalue weighted by Gasteiger charge is -2.44. The molecule has 0 bridgehead atoms. The number of hydrogen-bond donors (Lipinski definition) is 0.